The van der Waals surface area contributed by atoms with Crippen LogP contribution in [0.4, 0.5) is 4.39 Å². The van der Waals surface area contributed by atoms with Crippen LogP contribution in [0.15, 0.2) is 34.8 Å². The first-order valence-corrected chi connectivity index (χ1v) is 5.82. The average Bonchev–Trinajstić information content (AvgIpc) is 2.26. The summed E-state index contributed by atoms with van der Waals surface area (Å²) in [5.74, 6) is -0.129. The van der Waals surface area contributed by atoms with Crippen LogP contribution < -0.4 is 0 Å². The van der Waals surface area contributed by atoms with Crippen molar-refractivity contribution in [3.63, 3.8) is 0 Å². The Morgan fingerprint density at radius 2 is 1.81 bits per heavy atom. The second-order valence-electron chi connectivity index (χ2n) is 3.82. The summed E-state index contributed by atoms with van der Waals surface area (Å²) in [7, 11) is 0. The largest absolute Gasteiger partial charge is 0.206 e. The van der Waals surface area contributed by atoms with Crippen LogP contribution in [-0.2, 0) is 0 Å². The zero-order chi connectivity index (χ0) is 11.7. The quantitative estimate of drug-likeness (QED) is 0.711. The van der Waals surface area contributed by atoms with Crippen LogP contribution in [0.25, 0.3) is 11.1 Å². The minimum atomic E-state index is -0.129. The normalized spacial score (nSPS) is 10.5. The van der Waals surface area contributed by atoms with Crippen LogP contribution in [0, 0.1) is 25.7 Å². The first-order chi connectivity index (χ1) is 7.59. The molecule has 0 saturated heterocycles. The highest BCUT2D eigenvalue weighted by molar-refractivity contribution is 9.10. The van der Waals surface area contributed by atoms with Gasteiger partial charge in [0.25, 0.3) is 0 Å². The van der Waals surface area contributed by atoms with Crippen molar-refractivity contribution in [3.8, 4) is 11.1 Å². The number of halogens is 2. The van der Waals surface area contributed by atoms with E-state index in [1.54, 1.807) is 13.8 Å². The molecule has 2 aromatic rings. The van der Waals surface area contributed by atoms with Crippen LogP contribution in [-0.4, -0.2) is 0 Å². The molecule has 0 saturated carbocycles. The van der Waals surface area contributed by atoms with E-state index in [0.29, 0.717) is 11.1 Å². The predicted molar refractivity (Wildman–Crippen MR) is 67.8 cm³/mol. The third-order valence-electron chi connectivity index (χ3n) is 2.53. The van der Waals surface area contributed by atoms with Gasteiger partial charge in [-0.1, -0.05) is 28.1 Å². The summed E-state index contributed by atoms with van der Waals surface area (Å²) in [6.07, 6.45) is 0. The SMILES string of the molecule is Cc1cc(-c2[c]cccc2Br)cc(C)c1F. The lowest BCUT2D eigenvalue weighted by molar-refractivity contribution is 0.609. The molecule has 16 heavy (non-hydrogen) atoms. The molecule has 0 atom stereocenters. The Hall–Kier alpha value is -1.15. The topological polar surface area (TPSA) is 0 Å². The highest BCUT2D eigenvalue weighted by Crippen LogP contribution is 2.29. The molecule has 0 unspecified atom stereocenters. The molecule has 0 aliphatic heterocycles. The Morgan fingerprint density at radius 1 is 1.19 bits per heavy atom. The molecule has 0 N–H and O–H groups in total. The van der Waals surface area contributed by atoms with E-state index >= 15 is 0 Å². The van der Waals surface area contributed by atoms with E-state index in [1.807, 2.05) is 30.3 Å². The summed E-state index contributed by atoms with van der Waals surface area (Å²) < 4.78 is 14.5. The molecule has 2 aromatic carbocycles. The van der Waals surface area contributed by atoms with Gasteiger partial charge in [0.15, 0.2) is 0 Å². The van der Waals surface area contributed by atoms with E-state index in [2.05, 4.69) is 22.0 Å². The summed E-state index contributed by atoms with van der Waals surface area (Å²) in [5, 5.41) is 0. The van der Waals surface area contributed by atoms with Crippen molar-refractivity contribution < 1.29 is 4.39 Å². The van der Waals surface area contributed by atoms with Crippen LogP contribution in [0.1, 0.15) is 11.1 Å². The van der Waals surface area contributed by atoms with Gasteiger partial charge in [0, 0.05) is 10.0 Å². The van der Waals surface area contributed by atoms with Gasteiger partial charge in [-0.3, -0.25) is 0 Å². The standard InChI is InChI=1S/C14H11BrF/c1-9-7-11(8-10(2)14(9)16)12-5-3-4-6-13(12)15/h3-4,6-8H,1-2H3. The molecule has 2 heteroatoms. The molecule has 0 aromatic heterocycles. The van der Waals surface area contributed by atoms with Gasteiger partial charge in [-0.2, -0.15) is 0 Å². The second kappa shape index (κ2) is 4.38. The molecule has 0 aliphatic carbocycles. The smallest absolute Gasteiger partial charge is 0.129 e. The van der Waals surface area contributed by atoms with Gasteiger partial charge in [0.2, 0.25) is 0 Å². The number of hydrogen-bond acceptors (Lipinski definition) is 0. The third-order valence-corrected chi connectivity index (χ3v) is 3.19. The van der Waals surface area contributed by atoms with Crippen molar-refractivity contribution in [2.75, 3.05) is 0 Å². The third kappa shape index (κ3) is 2.03. The molecule has 0 fully saturated rings. The first kappa shape index (κ1) is 11.3. The van der Waals surface area contributed by atoms with E-state index in [-0.39, 0.29) is 5.82 Å². The summed E-state index contributed by atoms with van der Waals surface area (Å²) in [6.45, 7) is 3.56. The Labute approximate surface area is 103 Å². The van der Waals surface area contributed by atoms with Gasteiger partial charge in [0.05, 0.1) is 0 Å². The lowest BCUT2D eigenvalue weighted by Gasteiger charge is -2.08. The van der Waals surface area contributed by atoms with E-state index in [0.717, 1.165) is 15.6 Å². The fraction of sp³-hybridized carbons (Fsp3) is 0.143. The summed E-state index contributed by atoms with van der Waals surface area (Å²) in [5.41, 5.74) is 3.29. The molecule has 0 amide bonds. The summed E-state index contributed by atoms with van der Waals surface area (Å²) in [6, 6.07) is 12.6. The summed E-state index contributed by atoms with van der Waals surface area (Å²) in [4.78, 5) is 0. The molecule has 0 heterocycles. The fourth-order valence-corrected chi connectivity index (χ4v) is 2.22. The Kier molecular flexibility index (Phi) is 3.10. The van der Waals surface area contributed by atoms with Gasteiger partial charge in [-0.15, -0.1) is 0 Å². The van der Waals surface area contributed by atoms with Gasteiger partial charge in [-0.05, 0) is 54.8 Å². The second-order valence-corrected chi connectivity index (χ2v) is 4.67. The van der Waals surface area contributed by atoms with Crippen molar-refractivity contribution in [2.45, 2.75) is 13.8 Å². The Morgan fingerprint density at radius 3 is 2.38 bits per heavy atom. The molecule has 1 radical (unpaired) electrons. The maximum absolute atomic E-state index is 13.5. The maximum atomic E-state index is 13.5. The first-order valence-electron chi connectivity index (χ1n) is 5.03. The van der Waals surface area contributed by atoms with E-state index < -0.39 is 0 Å². The number of benzene rings is 2. The van der Waals surface area contributed by atoms with Crippen molar-refractivity contribution in [1.29, 1.82) is 0 Å². The van der Waals surface area contributed by atoms with Crippen LogP contribution in [0.2, 0.25) is 0 Å². The average molecular weight is 278 g/mol. The Bertz CT molecular complexity index is 509. The Balaban J connectivity index is 2.62. The molecular formula is C14H11BrF. The minimum Gasteiger partial charge on any atom is -0.206 e. The predicted octanol–water partition coefficient (Wildman–Crippen LogP) is 4.67. The minimum absolute atomic E-state index is 0.129. The number of rotatable bonds is 1. The van der Waals surface area contributed by atoms with Crippen LogP contribution in [0.5, 0.6) is 0 Å². The lowest BCUT2D eigenvalue weighted by atomic mass is 10.0. The van der Waals surface area contributed by atoms with Gasteiger partial charge in [-0.25, -0.2) is 4.39 Å². The van der Waals surface area contributed by atoms with Crippen molar-refractivity contribution >= 4 is 15.9 Å². The summed E-state index contributed by atoms with van der Waals surface area (Å²) >= 11 is 3.48. The molecular weight excluding hydrogens is 267 g/mol. The molecule has 0 nitrogen and oxygen atoms in total. The van der Waals surface area contributed by atoms with Gasteiger partial charge in [0.1, 0.15) is 5.82 Å². The van der Waals surface area contributed by atoms with Crippen molar-refractivity contribution in [1.82, 2.24) is 0 Å². The van der Waals surface area contributed by atoms with Crippen molar-refractivity contribution in [3.05, 3.63) is 57.8 Å². The zero-order valence-electron chi connectivity index (χ0n) is 9.14. The van der Waals surface area contributed by atoms with Gasteiger partial charge < -0.3 is 0 Å². The molecule has 0 aliphatic rings. The highest BCUT2D eigenvalue weighted by atomic mass is 79.9. The molecule has 2 rings (SSSR count). The molecule has 0 spiro atoms. The van der Waals surface area contributed by atoms with Crippen LogP contribution >= 0.6 is 15.9 Å². The van der Waals surface area contributed by atoms with Crippen molar-refractivity contribution in [2.24, 2.45) is 0 Å². The number of hydrogen-bond donors (Lipinski definition) is 0. The zero-order valence-corrected chi connectivity index (χ0v) is 10.7. The maximum Gasteiger partial charge on any atom is 0.129 e. The number of aryl methyl sites for hydroxylation is 2. The molecule has 0 bridgehead atoms. The molecule has 81 valence electrons. The van der Waals surface area contributed by atoms with E-state index in [9.17, 15) is 4.39 Å². The van der Waals surface area contributed by atoms with E-state index in [4.69, 9.17) is 0 Å². The van der Waals surface area contributed by atoms with E-state index in [1.165, 1.54) is 0 Å². The fourth-order valence-electron chi connectivity index (χ4n) is 1.73. The lowest BCUT2D eigenvalue weighted by Crippen LogP contribution is -1.90. The van der Waals surface area contributed by atoms with Crippen LogP contribution in [0.3, 0.4) is 0 Å². The van der Waals surface area contributed by atoms with Gasteiger partial charge >= 0.3 is 0 Å². The highest BCUT2D eigenvalue weighted by Gasteiger charge is 2.07. The monoisotopic (exact) mass is 277 g/mol.